The monoisotopic (exact) mass is 439 g/mol. The van der Waals surface area contributed by atoms with Gasteiger partial charge < -0.3 is 4.74 Å². The molecule has 0 saturated carbocycles. The van der Waals surface area contributed by atoms with E-state index < -0.39 is 23.7 Å². The quantitative estimate of drug-likeness (QED) is 0.404. The van der Waals surface area contributed by atoms with Crippen molar-refractivity contribution >= 4 is 5.65 Å². The van der Waals surface area contributed by atoms with Crippen molar-refractivity contribution in [3.05, 3.63) is 65.7 Å². The molecule has 6 nitrogen and oxygen atoms in total. The van der Waals surface area contributed by atoms with Crippen molar-refractivity contribution in [1.82, 2.24) is 24.8 Å². The molecule has 0 aliphatic rings. The topological polar surface area (TPSA) is 65.2 Å². The maximum Gasteiger partial charge on any atom is 0.453 e. The van der Waals surface area contributed by atoms with Crippen LogP contribution in [-0.2, 0) is 12.4 Å². The number of alkyl halides is 6. The summed E-state index contributed by atoms with van der Waals surface area (Å²) in [5.74, 6) is -1.97. The number of aryl methyl sites for hydroxylation is 1. The first-order chi connectivity index (χ1) is 14.5. The smallest absolute Gasteiger partial charge is 0.437 e. The SMILES string of the molecule is Cc1cc2nnc(C(F)(F)F)n2nc1Oc1cc(C(F)(F)F)ccc1-c1cccnc1. The molecular formula is C19H11F6N5O. The summed E-state index contributed by atoms with van der Waals surface area (Å²) in [6.07, 6.45) is -6.59. The van der Waals surface area contributed by atoms with Gasteiger partial charge in [-0.3, -0.25) is 4.98 Å². The van der Waals surface area contributed by atoms with Gasteiger partial charge in [0.1, 0.15) is 5.75 Å². The van der Waals surface area contributed by atoms with Crippen molar-refractivity contribution in [2.45, 2.75) is 19.3 Å². The summed E-state index contributed by atoms with van der Waals surface area (Å²) in [7, 11) is 0. The molecule has 0 aliphatic carbocycles. The number of hydrogen-bond donors (Lipinski definition) is 0. The van der Waals surface area contributed by atoms with Crippen LogP contribution in [0.1, 0.15) is 17.0 Å². The Labute approximate surface area is 170 Å². The van der Waals surface area contributed by atoms with Gasteiger partial charge in [0.2, 0.25) is 5.88 Å². The number of ether oxygens (including phenoxy) is 1. The minimum absolute atomic E-state index is 0.186. The average Bonchev–Trinajstić information content (AvgIpc) is 3.11. The standard InChI is InChI=1S/C19H11F6N5O/c1-10-7-15-27-28-17(19(23,24)25)30(15)29-16(10)31-14-8-12(18(20,21)22)4-5-13(14)11-3-2-6-26-9-11/h2-9H,1H3. The second-order valence-corrected chi connectivity index (χ2v) is 6.48. The van der Waals surface area contributed by atoms with Crippen molar-refractivity contribution in [3.8, 4) is 22.8 Å². The first-order valence-electron chi connectivity index (χ1n) is 8.64. The third-order valence-corrected chi connectivity index (χ3v) is 4.28. The summed E-state index contributed by atoms with van der Waals surface area (Å²) in [6, 6.07) is 7.25. The molecule has 4 rings (SSSR count). The van der Waals surface area contributed by atoms with Gasteiger partial charge in [-0.25, -0.2) is 0 Å². The molecule has 0 N–H and O–H groups in total. The Morgan fingerprint density at radius 3 is 2.35 bits per heavy atom. The van der Waals surface area contributed by atoms with E-state index in [0.29, 0.717) is 10.1 Å². The molecule has 3 aromatic heterocycles. The molecule has 0 radical (unpaired) electrons. The molecular weight excluding hydrogens is 428 g/mol. The molecule has 3 heterocycles. The fourth-order valence-corrected chi connectivity index (χ4v) is 2.83. The number of nitrogens with zero attached hydrogens (tertiary/aromatic N) is 5. The Hall–Kier alpha value is -3.70. The van der Waals surface area contributed by atoms with Gasteiger partial charge in [-0.2, -0.15) is 30.9 Å². The van der Waals surface area contributed by atoms with Gasteiger partial charge in [0.25, 0.3) is 5.82 Å². The first kappa shape index (κ1) is 20.6. The zero-order chi connectivity index (χ0) is 22.4. The van der Waals surface area contributed by atoms with E-state index in [9.17, 15) is 26.3 Å². The predicted molar refractivity (Wildman–Crippen MR) is 95.3 cm³/mol. The lowest BCUT2D eigenvalue weighted by molar-refractivity contribution is -0.146. The van der Waals surface area contributed by atoms with E-state index in [1.807, 2.05) is 0 Å². The van der Waals surface area contributed by atoms with Crippen LogP contribution in [0.3, 0.4) is 0 Å². The van der Waals surface area contributed by atoms with Crippen LogP contribution >= 0.6 is 0 Å². The Bertz CT molecular complexity index is 1250. The van der Waals surface area contributed by atoms with E-state index in [0.717, 1.165) is 12.1 Å². The number of benzene rings is 1. The second-order valence-electron chi connectivity index (χ2n) is 6.48. The van der Waals surface area contributed by atoms with E-state index in [-0.39, 0.29) is 28.4 Å². The molecule has 0 amide bonds. The molecule has 4 aromatic rings. The molecule has 160 valence electrons. The molecule has 0 saturated heterocycles. The Morgan fingerprint density at radius 1 is 0.935 bits per heavy atom. The van der Waals surface area contributed by atoms with Gasteiger partial charge in [0.15, 0.2) is 5.65 Å². The lowest BCUT2D eigenvalue weighted by Gasteiger charge is -2.15. The van der Waals surface area contributed by atoms with Crippen molar-refractivity contribution in [3.63, 3.8) is 0 Å². The van der Waals surface area contributed by atoms with E-state index >= 15 is 0 Å². The summed E-state index contributed by atoms with van der Waals surface area (Å²) in [6.45, 7) is 1.47. The highest BCUT2D eigenvalue weighted by Gasteiger charge is 2.38. The van der Waals surface area contributed by atoms with Crippen molar-refractivity contribution in [1.29, 1.82) is 0 Å². The van der Waals surface area contributed by atoms with Crippen LogP contribution in [0.5, 0.6) is 11.6 Å². The third kappa shape index (κ3) is 4.00. The van der Waals surface area contributed by atoms with Crippen LogP contribution in [0.25, 0.3) is 16.8 Å². The zero-order valence-corrected chi connectivity index (χ0v) is 15.5. The van der Waals surface area contributed by atoms with Crippen molar-refractivity contribution < 1.29 is 31.1 Å². The normalized spacial score (nSPS) is 12.4. The lowest BCUT2D eigenvalue weighted by Crippen LogP contribution is -2.13. The van der Waals surface area contributed by atoms with E-state index in [4.69, 9.17) is 4.74 Å². The predicted octanol–water partition coefficient (Wildman–Crippen LogP) is 5.32. The highest BCUT2D eigenvalue weighted by atomic mass is 19.4. The molecule has 0 aliphatic heterocycles. The van der Waals surface area contributed by atoms with E-state index in [1.54, 1.807) is 12.1 Å². The molecule has 12 heteroatoms. The maximum atomic E-state index is 13.2. The molecule has 0 unspecified atom stereocenters. The maximum absolute atomic E-state index is 13.2. The molecule has 0 bridgehead atoms. The molecule has 1 aromatic carbocycles. The number of fused-ring (bicyclic) bond motifs is 1. The van der Waals surface area contributed by atoms with E-state index in [1.165, 1.54) is 31.5 Å². The van der Waals surface area contributed by atoms with Gasteiger partial charge in [-0.05, 0) is 37.3 Å². The minimum atomic E-state index is -4.84. The number of halogens is 6. The van der Waals surface area contributed by atoms with Gasteiger partial charge in [-0.15, -0.1) is 15.3 Å². The van der Waals surface area contributed by atoms with Crippen LogP contribution in [-0.4, -0.2) is 24.8 Å². The first-order valence-corrected chi connectivity index (χ1v) is 8.64. The van der Waals surface area contributed by atoms with Crippen molar-refractivity contribution in [2.75, 3.05) is 0 Å². The fraction of sp³-hybridized carbons (Fsp3) is 0.158. The average molecular weight is 439 g/mol. The third-order valence-electron chi connectivity index (χ3n) is 4.28. The molecule has 31 heavy (non-hydrogen) atoms. The Morgan fingerprint density at radius 2 is 1.71 bits per heavy atom. The molecule has 0 atom stereocenters. The number of aromatic nitrogens is 5. The van der Waals surface area contributed by atoms with Crippen LogP contribution in [0.4, 0.5) is 26.3 Å². The Balaban J connectivity index is 1.86. The highest BCUT2D eigenvalue weighted by molar-refractivity contribution is 5.71. The minimum Gasteiger partial charge on any atom is -0.437 e. The number of hydrogen-bond acceptors (Lipinski definition) is 5. The molecule has 0 fully saturated rings. The van der Waals surface area contributed by atoms with Crippen LogP contribution in [0.2, 0.25) is 0 Å². The van der Waals surface area contributed by atoms with Gasteiger partial charge in [-0.1, -0.05) is 6.07 Å². The number of pyridine rings is 1. The largest absolute Gasteiger partial charge is 0.453 e. The highest BCUT2D eigenvalue weighted by Crippen LogP contribution is 2.39. The van der Waals surface area contributed by atoms with Gasteiger partial charge >= 0.3 is 12.4 Å². The summed E-state index contributed by atoms with van der Waals surface area (Å²) in [4.78, 5) is 3.93. The number of rotatable bonds is 3. The van der Waals surface area contributed by atoms with Gasteiger partial charge in [0, 0.05) is 29.1 Å². The second kappa shape index (κ2) is 7.22. The Kier molecular flexibility index (Phi) is 4.79. The summed E-state index contributed by atoms with van der Waals surface area (Å²) in [5.41, 5.74) is -0.224. The van der Waals surface area contributed by atoms with Gasteiger partial charge in [0.05, 0.1) is 5.56 Å². The van der Waals surface area contributed by atoms with Crippen LogP contribution in [0.15, 0.2) is 48.8 Å². The lowest BCUT2D eigenvalue weighted by atomic mass is 10.0. The summed E-state index contributed by atoms with van der Waals surface area (Å²) < 4.78 is 85.2. The summed E-state index contributed by atoms with van der Waals surface area (Å²) >= 11 is 0. The zero-order valence-electron chi connectivity index (χ0n) is 15.5. The van der Waals surface area contributed by atoms with Crippen molar-refractivity contribution in [2.24, 2.45) is 0 Å². The van der Waals surface area contributed by atoms with Crippen LogP contribution in [0, 0.1) is 6.92 Å². The molecule has 0 spiro atoms. The van der Waals surface area contributed by atoms with E-state index in [2.05, 4.69) is 20.3 Å². The fourth-order valence-electron chi connectivity index (χ4n) is 2.83. The summed E-state index contributed by atoms with van der Waals surface area (Å²) in [5, 5.41) is 10.3. The van der Waals surface area contributed by atoms with Crippen LogP contribution < -0.4 is 4.74 Å².